The molecule has 0 bridgehead atoms. The Labute approximate surface area is 163 Å². The van der Waals surface area contributed by atoms with Gasteiger partial charge in [-0.2, -0.15) is 0 Å². The summed E-state index contributed by atoms with van der Waals surface area (Å²) in [6, 6.07) is 0. The maximum absolute atomic E-state index is 14.4. The van der Waals surface area contributed by atoms with Crippen LogP contribution >= 0.6 is 0 Å². The van der Waals surface area contributed by atoms with Crippen molar-refractivity contribution in [2.24, 2.45) is 17.8 Å². The van der Waals surface area contributed by atoms with Crippen LogP contribution in [0.1, 0.15) is 84.5 Å². The minimum atomic E-state index is -1.03. The van der Waals surface area contributed by atoms with Gasteiger partial charge < -0.3 is 0 Å². The van der Waals surface area contributed by atoms with Gasteiger partial charge in [0.05, 0.1) is 6.42 Å². The molecule has 0 aromatic heterocycles. The minimum absolute atomic E-state index is 0.237. The van der Waals surface area contributed by atoms with Crippen LogP contribution in [0.3, 0.4) is 0 Å². The summed E-state index contributed by atoms with van der Waals surface area (Å²) in [7, 11) is 0. The van der Waals surface area contributed by atoms with Crippen LogP contribution in [0, 0.1) is 17.8 Å². The molecule has 1 fully saturated rings. The van der Waals surface area contributed by atoms with Crippen molar-refractivity contribution in [2.45, 2.75) is 84.5 Å². The Balaban J connectivity index is 1.99. The molecule has 1 atom stereocenters. The van der Waals surface area contributed by atoms with Crippen LogP contribution in [0.4, 0.5) is 13.2 Å². The Morgan fingerprint density at radius 1 is 1.07 bits per heavy atom. The highest BCUT2D eigenvalue weighted by atomic mass is 19.2. The Morgan fingerprint density at radius 3 is 2.41 bits per heavy atom. The second-order valence-electron chi connectivity index (χ2n) is 8.28. The van der Waals surface area contributed by atoms with Gasteiger partial charge in [-0.15, -0.1) is 0 Å². The van der Waals surface area contributed by atoms with E-state index in [0.717, 1.165) is 24.7 Å². The first-order valence-electron chi connectivity index (χ1n) is 10.7. The summed E-state index contributed by atoms with van der Waals surface area (Å²) >= 11 is 0. The van der Waals surface area contributed by atoms with Crippen molar-refractivity contribution >= 4 is 0 Å². The summed E-state index contributed by atoms with van der Waals surface area (Å²) in [6.45, 7) is 8.53. The normalized spacial score (nSPS) is 27.3. The molecule has 152 valence electrons. The van der Waals surface area contributed by atoms with Crippen LogP contribution in [0.2, 0.25) is 0 Å². The molecule has 0 heterocycles. The molecule has 0 aromatic carbocycles. The Morgan fingerprint density at radius 2 is 1.78 bits per heavy atom. The van der Waals surface area contributed by atoms with Crippen molar-refractivity contribution in [3.63, 3.8) is 0 Å². The highest BCUT2D eigenvalue weighted by molar-refractivity contribution is 5.44. The third kappa shape index (κ3) is 6.40. The average molecular weight is 381 g/mol. The topological polar surface area (TPSA) is 0 Å². The maximum Gasteiger partial charge on any atom is 0.162 e. The van der Waals surface area contributed by atoms with Crippen molar-refractivity contribution in [3.05, 3.63) is 47.4 Å². The van der Waals surface area contributed by atoms with Crippen LogP contribution in [-0.2, 0) is 0 Å². The molecule has 0 aliphatic heterocycles. The number of hydrogen-bond acceptors (Lipinski definition) is 0. The minimum Gasteiger partial charge on any atom is -0.212 e. The fourth-order valence-corrected chi connectivity index (χ4v) is 4.69. The first-order valence-corrected chi connectivity index (χ1v) is 10.7. The third-order valence-electron chi connectivity index (χ3n) is 6.45. The van der Waals surface area contributed by atoms with E-state index in [1.807, 2.05) is 0 Å². The lowest BCUT2D eigenvalue weighted by Crippen LogP contribution is -2.22. The first-order chi connectivity index (χ1) is 13.0. The van der Waals surface area contributed by atoms with Crippen molar-refractivity contribution in [2.75, 3.05) is 0 Å². The van der Waals surface area contributed by atoms with Crippen LogP contribution in [-0.4, -0.2) is 0 Å². The zero-order chi connectivity index (χ0) is 19.8. The van der Waals surface area contributed by atoms with E-state index in [1.165, 1.54) is 44.6 Å². The third-order valence-corrected chi connectivity index (χ3v) is 6.45. The van der Waals surface area contributed by atoms with Gasteiger partial charge in [0.1, 0.15) is 11.7 Å². The molecule has 3 heteroatoms. The van der Waals surface area contributed by atoms with Gasteiger partial charge in [0, 0.05) is 5.57 Å². The summed E-state index contributed by atoms with van der Waals surface area (Å²) in [4.78, 5) is 0. The molecule has 1 saturated carbocycles. The lowest BCUT2D eigenvalue weighted by Gasteiger charge is -2.34. The van der Waals surface area contributed by atoms with Gasteiger partial charge in [0.2, 0.25) is 0 Å². The number of rotatable bonds is 8. The summed E-state index contributed by atoms with van der Waals surface area (Å²) in [6.07, 6.45) is 13.1. The molecule has 2 aliphatic carbocycles. The summed E-state index contributed by atoms with van der Waals surface area (Å²) < 4.78 is 41.6. The van der Waals surface area contributed by atoms with Crippen molar-refractivity contribution in [1.29, 1.82) is 0 Å². The van der Waals surface area contributed by atoms with Crippen LogP contribution in [0.5, 0.6) is 0 Å². The fraction of sp³-hybridized carbons (Fsp3) is 0.667. The molecule has 0 aromatic rings. The standard InChI is InChI=1S/C24H35F3/c1-4-7-19(20-14-11-18(5-2)12-15-20)13-10-17(3)22-9-6-8-21(25)16-23(26)24(22)27/h8-9,18-20H,3-7,10-16H2,1-2H3/b21-8+,22-9?,24-23?. The fourth-order valence-electron chi connectivity index (χ4n) is 4.69. The second kappa shape index (κ2) is 10.9. The van der Waals surface area contributed by atoms with E-state index in [4.69, 9.17) is 0 Å². The predicted molar refractivity (Wildman–Crippen MR) is 108 cm³/mol. The van der Waals surface area contributed by atoms with Gasteiger partial charge in [0.15, 0.2) is 5.83 Å². The number of allylic oxidation sites excluding steroid dienone is 7. The van der Waals surface area contributed by atoms with E-state index in [-0.39, 0.29) is 12.0 Å². The summed E-state index contributed by atoms with van der Waals surface area (Å²) in [5, 5.41) is 0. The van der Waals surface area contributed by atoms with E-state index >= 15 is 0 Å². The smallest absolute Gasteiger partial charge is 0.162 e. The highest BCUT2D eigenvalue weighted by Crippen LogP contribution is 2.40. The Hall–Kier alpha value is -1.25. The van der Waals surface area contributed by atoms with Gasteiger partial charge >= 0.3 is 0 Å². The highest BCUT2D eigenvalue weighted by Gasteiger charge is 2.27. The molecule has 2 rings (SSSR count). The van der Waals surface area contributed by atoms with E-state index in [1.54, 1.807) is 6.08 Å². The molecule has 0 saturated heterocycles. The summed E-state index contributed by atoms with van der Waals surface area (Å²) in [5.74, 6) is -0.310. The van der Waals surface area contributed by atoms with E-state index in [0.29, 0.717) is 17.9 Å². The monoisotopic (exact) mass is 380 g/mol. The SMILES string of the molecule is C=C(CCC(CCC)C1CCC(CC)CC1)C1=CC/C=C(/F)CC(F)=C1F. The molecule has 2 aliphatic rings. The average Bonchev–Trinajstić information content (AvgIpc) is 2.67. The number of halogens is 3. The van der Waals surface area contributed by atoms with Crippen molar-refractivity contribution < 1.29 is 13.2 Å². The first kappa shape index (κ1) is 22.0. The lowest BCUT2D eigenvalue weighted by atomic mass is 9.72. The van der Waals surface area contributed by atoms with Gasteiger partial charge in [-0.05, 0) is 61.5 Å². The van der Waals surface area contributed by atoms with Gasteiger partial charge in [-0.3, -0.25) is 0 Å². The van der Waals surface area contributed by atoms with Crippen molar-refractivity contribution in [3.8, 4) is 0 Å². The maximum atomic E-state index is 14.4. The molecule has 0 spiro atoms. The molecular formula is C24H35F3. The van der Waals surface area contributed by atoms with E-state index in [9.17, 15) is 13.2 Å². The lowest BCUT2D eigenvalue weighted by molar-refractivity contribution is 0.184. The van der Waals surface area contributed by atoms with Crippen LogP contribution in [0.15, 0.2) is 47.4 Å². The van der Waals surface area contributed by atoms with Crippen LogP contribution in [0.25, 0.3) is 0 Å². The molecule has 1 unspecified atom stereocenters. The largest absolute Gasteiger partial charge is 0.212 e. The molecular weight excluding hydrogens is 345 g/mol. The van der Waals surface area contributed by atoms with Gasteiger partial charge in [-0.25, -0.2) is 13.2 Å². The molecule has 0 radical (unpaired) electrons. The van der Waals surface area contributed by atoms with Gasteiger partial charge in [0.25, 0.3) is 0 Å². The quantitative estimate of drug-likeness (QED) is 0.395. The number of hydrogen-bond donors (Lipinski definition) is 0. The molecule has 0 N–H and O–H groups in total. The molecule has 0 nitrogen and oxygen atoms in total. The summed E-state index contributed by atoms with van der Waals surface area (Å²) in [5.41, 5.74) is 0.878. The second-order valence-corrected chi connectivity index (χ2v) is 8.28. The molecule has 27 heavy (non-hydrogen) atoms. The van der Waals surface area contributed by atoms with Crippen LogP contribution < -0.4 is 0 Å². The van der Waals surface area contributed by atoms with E-state index in [2.05, 4.69) is 20.4 Å². The predicted octanol–water partition coefficient (Wildman–Crippen LogP) is 8.68. The Bertz CT molecular complexity index is 589. The van der Waals surface area contributed by atoms with Gasteiger partial charge in [-0.1, -0.05) is 58.6 Å². The van der Waals surface area contributed by atoms with E-state index < -0.39 is 23.9 Å². The zero-order valence-corrected chi connectivity index (χ0v) is 17.0. The van der Waals surface area contributed by atoms with Crippen molar-refractivity contribution in [1.82, 2.24) is 0 Å². The Kier molecular flexibility index (Phi) is 8.92. The zero-order valence-electron chi connectivity index (χ0n) is 17.0. The molecule has 0 amide bonds.